The Morgan fingerprint density at radius 3 is 2.76 bits per heavy atom. The van der Waals surface area contributed by atoms with Crippen LogP contribution in [0.1, 0.15) is 26.6 Å². The molecule has 0 saturated heterocycles. The van der Waals surface area contributed by atoms with E-state index in [0.29, 0.717) is 10.6 Å². The summed E-state index contributed by atoms with van der Waals surface area (Å²) in [6, 6.07) is 13.1. The summed E-state index contributed by atoms with van der Waals surface area (Å²) in [4.78, 5) is 18.1. The number of hydrogen-bond donors (Lipinski definition) is 1. The van der Waals surface area contributed by atoms with Gasteiger partial charge in [0.05, 0.1) is 16.3 Å². The third kappa shape index (κ3) is 4.42. The summed E-state index contributed by atoms with van der Waals surface area (Å²) >= 11 is 9.39. The molecule has 0 bridgehead atoms. The molecule has 128 valence electrons. The molecule has 3 nitrogen and oxygen atoms in total. The molecule has 1 amide bonds. The van der Waals surface area contributed by atoms with Gasteiger partial charge < -0.3 is 5.32 Å². The van der Waals surface area contributed by atoms with Gasteiger partial charge in [0.25, 0.3) is 5.91 Å². The number of thioether (sulfide) groups is 1. The fourth-order valence-corrected chi connectivity index (χ4v) is 4.17. The van der Waals surface area contributed by atoms with Crippen molar-refractivity contribution in [3.63, 3.8) is 0 Å². The van der Waals surface area contributed by atoms with Crippen LogP contribution >= 0.6 is 34.7 Å². The van der Waals surface area contributed by atoms with Gasteiger partial charge in [-0.15, -0.1) is 23.1 Å². The smallest absolute Gasteiger partial charge is 0.256 e. The predicted molar refractivity (Wildman–Crippen MR) is 107 cm³/mol. The minimum Gasteiger partial charge on any atom is -0.322 e. The lowest BCUT2D eigenvalue weighted by Gasteiger charge is -2.12. The van der Waals surface area contributed by atoms with E-state index in [9.17, 15) is 4.79 Å². The minimum absolute atomic E-state index is 0.136. The number of amides is 1. The Balaban J connectivity index is 1.77. The van der Waals surface area contributed by atoms with Gasteiger partial charge in [-0.3, -0.25) is 4.79 Å². The average molecular weight is 389 g/mol. The van der Waals surface area contributed by atoms with E-state index in [0.717, 1.165) is 32.6 Å². The number of aromatic nitrogens is 1. The van der Waals surface area contributed by atoms with Crippen LogP contribution in [0.4, 0.5) is 5.69 Å². The predicted octanol–water partition coefficient (Wildman–Crippen LogP) is 5.96. The highest BCUT2D eigenvalue weighted by Gasteiger charge is 2.14. The average Bonchev–Trinajstić information content (AvgIpc) is 3.03. The Hall–Kier alpha value is -1.82. The maximum absolute atomic E-state index is 12.7. The Bertz CT molecular complexity index is 908. The van der Waals surface area contributed by atoms with E-state index >= 15 is 0 Å². The standard InChI is InChI=1S/C19H17ClN2OS2/c1-12-16(20)7-5-8-17(12)22-19(23)15-6-3-4-9-18(15)25-11-14-10-24-13(2)21-14/h3-10H,11H2,1-2H3,(H,22,23). The summed E-state index contributed by atoms with van der Waals surface area (Å²) in [5.74, 6) is 0.605. The van der Waals surface area contributed by atoms with Crippen molar-refractivity contribution in [1.29, 1.82) is 0 Å². The highest BCUT2D eigenvalue weighted by molar-refractivity contribution is 7.98. The number of carbonyl (C=O) groups is 1. The summed E-state index contributed by atoms with van der Waals surface area (Å²) in [7, 11) is 0. The Kier molecular flexibility index (Phi) is 5.78. The molecule has 1 heterocycles. The number of carbonyl (C=O) groups excluding carboxylic acids is 1. The van der Waals surface area contributed by atoms with Gasteiger partial charge in [0, 0.05) is 26.7 Å². The largest absolute Gasteiger partial charge is 0.322 e. The second kappa shape index (κ2) is 8.04. The van der Waals surface area contributed by atoms with Crippen molar-refractivity contribution in [3.05, 3.63) is 74.7 Å². The van der Waals surface area contributed by atoms with Gasteiger partial charge in [-0.2, -0.15) is 0 Å². The first-order valence-electron chi connectivity index (χ1n) is 7.74. The fourth-order valence-electron chi connectivity index (χ4n) is 2.34. The Morgan fingerprint density at radius 2 is 2.00 bits per heavy atom. The van der Waals surface area contributed by atoms with E-state index in [4.69, 9.17) is 11.6 Å². The molecule has 1 aromatic heterocycles. The summed E-state index contributed by atoms with van der Waals surface area (Å²) < 4.78 is 0. The molecule has 1 N–H and O–H groups in total. The van der Waals surface area contributed by atoms with Crippen molar-refractivity contribution >= 4 is 46.3 Å². The number of benzene rings is 2. The molecule has 0 unspecified atom stereocenters. The molecule has 3 rings (SSSR count). The quantitative estimate of drug-likeness (QED) is 0.548. The molecule has 3 aromatic rings. The molecule has 0 aliphatic heterocycles. The van der Waals surface area contributed by atoms with E-state index < -0.39 is 0 Å². The topological polar surface area (TPSA) is 42.0 Å². The molecular formula is C19H17ClN2OS2. The van der Waals surface area contributed by atoms with Crippen LogP contribution in [0.3, 0.4) is 0 Å². The van der Waals surface area contributed by atoms with Gasteiger partial charge in [-0.05, 0) is 43.7 Å². The van der Waals surface area contributed by atoms with Crippen LogP contribution < -0.4 is 5.32 Å². The van der Waals surface area contributed by atoms with E-state index in [2.05, 4.69) is 15.7 Å². The monoisotopic (exact) mass is 388 g/mol. The van der Waals surface area contributed by atoms with E-state index in [1.54, 1.807) is 23.1 Å². The lowest BCUT2D eigenvalue weighted by molar-refractivity contribution is 0.102. The molecule has 0 spiro atoms. The second-order valence-electron chi connectivity index (χ2n) is 5.51. The van der Waals surface area contributed by atoms with Crippen molar-refractivity contribution < 1.29 is 4.79 Å². The number of hydrogen-bond acceptors (Lipinski definition) is 4. The summed E-state index contributed by atoms with van der Waals surface area (Å²) in [6.07, 6.45) is 0. The van der Waals surface area contributed by atoms with Crippen LogP contribution in [0, 0.1) is 13.8 Å². The van der Waals surface area contributed by atoms with Crippen LogP contribution in [-0.2, 0) is 5.75 Å². The molecule has 0 saturated carbocycles. The second-order valence-corrected chi connectivity index (χ2v) is 8.00. The van der Waals surface area contributed by atoms with E-state index in [1.807, 2.05) is 56.3 Å². The molecule has 0 atom stereocenters. The number of aryl methyl sites for hydroxylation is 1. The molecule has 0 fully saturated rings. The molecular weight excluding hydrogens is 372 g/mol. The van der Waals surface area contributed by atoms with Crippen molar-refractivity contribution in [3.8, 4) is 0 Å². The van der Waals surface area contributed by atoms with Crippen LogP contribution in [0.5, 0.6) is 0 Å². The van der Waals surface area contributed by atoms with E-state index in [1.165, 1.54) is 0 Å². The van der Waals surface area contributed by atoms with Crippen LogP contribution in [0.25, 0.3) is 0 Å². The summed E-state index contributed by atoms with van der Waals surface area (Å²) in [6.45, 7) is 3.89. The van der Waals surface area contributed by atoms with Crippen molar-refractivity contribution in [2.45, 2.75) is 24.5 Å². The fraction of sp³-hybridized carbons (Fsp3) is 0.158. The Labute approximate surface area is 160 Å². The third-order valence-corrected chi connectivity index (χ3v) is 6.03. The van der Waals surface area contributed by atoms with Crippen molar-refractivity contribution in [2.24, 2.45) is 0 Å². The SMILES string of the molecule is Cc1nc(CSc2ccccc2C(=O)Nc2cccc(Cl)c2C)cs1. The maximum atomic E-state index is 12.7. The zero-order valence-corrected chi connectivity index (χ0v) is 16.3. The number of thiazole rings is 1. The third-order valence-electron chi connectivity index (χ3n) is 3.69. The number of nitrogens with zero attached hydrogens (tertiary/aromatic N) is 1. The molecule has 25 heavy (non-hydrogen) atoms. The normalized spacial score (nSPS) is 10.7. The van der Waals surface area contributed by atoms with E-state index in [-0.39, 0.29) is 5.91 Å². The lowest BCUT2D eigenvalue weighted by atomic mass is 10.1. The molecule has 0 aliphatic rings. The van der Waals surface area contributed by atoms with Gasteiger partial charge in [-0.1, -0.05) is 29.8 Å². The van der Waals surface area contributed by atoms with Crippen LogP contribution in [0.2, 0.25) is 5.02 Å². The first-order valence-corrected chi connectivity index (χ1v) is 9.98. The van der Waals surface area contributed by atoms with Gasteiger partial charge in [-0.25, -0.2) is 4.98 Å². The summed E-state index contributed by atoms with van der Waals surface area (Å²) in [5.41, 5.74) is 3.28. The minimum atomic E-state index is -0.136. The molecule has 2 aromatic carbocycles. The zero-order chi connectivity index (χ0) is 17.8. The number of rotatable bonds is 5. The number of nitrogens with one attached hydrogen (secondary N) is 1. The van der Waals surface area contributed by atoms with Crippen molar-refractivity contribution in [2.75, 3.05) is 5.32 Å². The van der Waals surface area contributed by atoms with Crippen molar-refractivity contribution in [1.82, 2.24) is 4.98 Å². The zero-order valence-electron chi connectivity index (χ0n) is 13.9. The number of anilines is 1. The van der Waals surface area contributed by atoms with Gasteiger partial charge in [0.15, 0.2) is 0 Å². The van der Waals surface area contributed by atoms with Gasteiger partial charge >= 0.3 is 0 Å². The number of halogens is 1. The molecule has 0 aliphatic carbocycles. The van der Waals surface area contributed by atoms with Gasteiger partial charge in [0.1, 0.15) is 0 Å². The van der Waals surface area contributed by atoms with Crippen LogP contribution in [0.15, 0.2) is 52.7 Å². The van der Waals surface area contributed by atoms with Crippen LogP contribution in [-0.4, -0.2) is 10.9 Å². The first kappa shape index (κ1) is 18.0. The highest BCUT2D eigenvalue weighted by Crippen LogP contribution is 2.28. The molecule has 0 radical (unpaired) electrons. The summed E-state index contributed by atoms with van der Waals surface area (Å²) in [5, 5.41) is 6.71. The maximum Gasteiger partial charge on any atom is 0.256 e. The van der Waals surface area contributed by atoms with Gasteiger partial charge in [0.2, 0.25) is 0 Å². The highest BCUT2D eigenvalue weighted by atomic mass is 35.5. The first-order chi connectivity index (χ1) is 12.0. The lowest BCUT2D eigenvalue weighted by Crippen LogP contribution is -2.13. The molecule has 6 heteroatoms. The Morgan fingerprint density at radius 1 is 1.20 bits per heavy atom.